The van der Waals surface area contributed by atoms with Crippen LogP contribution in [0.25, 0.3) is 0 Å². The number of carbonyl (C=O) groups is 1. The number of amides is 1. The molecule has 0 aromatic heterocycles. The molecule has 7 nitrogen and oxygen atoms in total. The van der Waals surface area contributed by atoms with Gasteiger partial charge in [-0.15, -0.1) is 0 Å². The Hall–Kier alpha value is -2.93. The summed E-state index contributed by atoms with van der Waals surface area (Å²) in [5, 5.41) is 13.9. The minimum atomic E-state index is -0.487. The van der Waals surface area contributed by atoms with E-state index in [0.29, 0.717) is 18.0 Å². The number of rotatable bonds is 6. The van der Waals surface area contributed by atoms with Gasteiger partial charge in [-0.05, 0) is 37.9 Å². The summed E-state index contributed by atoms with van der Waals surface area (Å²) in [6.07, 6.45) is 1.74. The van der Waals surface area contributed by atoms with Crippen LogP contribution in [0.3, 0.4) is 0 Å². The summed E-state index contributed by atoms with van der Waals surface area (Å²) < 4.78 is 5.23. The molecule has 1 saturated heterocycles. The minimum Gasteiger partial charge on any atom is -0.495 e. The second-order valence-electron chi connectivity index (χ2n) is 7.19. The molecule has 0 bridgehead atoms. The second kappa shape index (κ2) is 8.84. The van der Waals surface area contributed by atoms with Crippen molar-refractivity contribution < 1.29 is 14.5 Å². The van der Waals surface area contributed by atoms with Gasteiger partial charge in [-0.3, -0.25) is 19.8 Å². The number of nitrogens with one attached hydrogen (secondary N) is 1. The molecular weight excluding hydrogens is 358 g/mol. The number of non-ortho nitro benzene ring substituents is 1. The number of nitrogens with zero attached hydrogens (tertiary/aromatic N) is 2. The summed E-state index contributed by atoms with van der Waals surface area (Å²) in [5.74, 6) is 0.113. The molecule has 1 atom stereocenters. The molecule has 2 aromatic rings. The maximum atomic E-state index is 12.8. The van der Waals surface area contributed by atoms with Crippen molar-refractivity contribution in [1.29, 1.82) is 0 Å². The summed E-state index contributed by atoms with van der Waals surface area (Å²) in [5.41, 5.74) is 2.71. The standard InChI is InChI=1S/C21H25N3O4/c1-15-5-3-6-16(11-15)13-23-10-4-7-17(14-23)21(25)22-19-12-18(24(26)27)8-9-20(19)28-2/h3,5-6,8-9,11-12,17H,4,7,10,13-14H2,1-2H3,(H,22,25). The lowest BCUT2D eigenvalue weighted by Crippen LogP contribution is -2.40. The summed E-state index contributed by atoms with van der Waals surface area (Å²) >= 11 is 0. The fraction of sp³-hybridized carbons (Fsp3) is 0.381. The number of benzene rings is 2. The van der Waals surface area contributed by atoms with Crippen molar-refractivity contribution in [1.82, 2.24) is 4.90 Å². The SMILES string of the molecule is COc1ccc([N+](=O)[O-])cc1NC(=O)C1CCCN(Cc2cccc(C)c2)C1. The van der Waals surface area contributed by atoms with E-state index >= 15 is 0 Å². The quantitative estimate of drug-likeness (QED) is 0.606. The van der Waals surface area contributed by atoms with Crippen LogP contribution in [-0.4, -0.2) is 35.9 Å². The smallest absolute Gasteiger partial charge is 0.271 e. The maximum absolute atomic E-state index is 12.8. The van der Waals surface area contributed by atoms with Crippen molar-refractivity contribution in [3.63, 3.8) is 0 Å². The lowest BCUT2D eigenvalue weighted by atomic mass is 9.96. The molecule has 1 fully saturated rings. The van der Waals surface area contributed by atoms with Crippen molar-refractivity contribution >= 4 is 17.3 Å². The summed E-state index contributed by atoms with van der Waals surface area (Å²) in [7, 11) is 1.47. The Labute approximate surface area is 164 Å². The first-order valence-corrected chi connectivity index (χ1v) is 9.37. The van der Waals surface area contributed by atoms with Gasteiger partial charge in [-0.1, -0.05) is 29.8 Å². The van der Waals surface area contributed by atoms with Gasteiger partial charge in [-0.2, -0.15) is 0 Å². The fourth-order valence-electron chi connectivity index (χ4n) is 3.62. The average molecular weight is 383 g/mol. The largest absolute Gasteiger partial charge is 0.495 e. The molecule has 1 amide bonds. The molecule has 0 spiro atoms. The first-order chi connectivity index (χ1) is 13.5. The highest BCUT2D eigenvalue weighted by molar-refractivity contribution is 5.94. The number of nitro groups is 1. The third-order valence-electron chi connectivity index (χ3n) is 5.02. The predicted molar refractivity (Wildman–Crippen MR) is 107 cm³/mol. The number of methoxy groups -OCH3 is 1. The van der Waals surface area contributed by atoms with E-state index in [9.17, 15) is 14.9 Å². The summed E-state index contributed by atoms with van der Waals surface area (Å²) in [6, 6.07) is 12.6. The van der Waals surface area contributed by atoms with Crippen LogP contribution in [0.5, 0.6) is 5.75 Å². The van der Waals surface area contributed by atoms with E-state index < -0.39 is 4.92 Å². The molecule has 28 heavy (non-hydrogen) atoms. The highest BCUT2D eigenvalue weighted by atomic mass is 16.6. The van der Waals surface area contributed by atoms with E-state index in [2.05, 4.69) is 35.3 Å². The van der Waals surface area contributed by atoms with E-state index in [1.165, 1.54) is 36.4 Å². The Morgan fingerprint density at radius 3 is 2.86 bits per heavy atom. The molecule has 148 valence electrons. The number of piperidine rings is 1. The molecular formula is C21H25N3O4. The first-order valence-electron chi connectivity index (χ1n) is 9.37. The number of hydrogen-bond acceptors (Lipinski definition) is 5. The Morgan fingerprint density at radius 1 is 1.32 bits per heavy atom. The van der Waals surface area contributed by atoms with Gasteiger partial charge in [0.2, 0.25) is 5.91 Å². The van der Waals surface area contributed by atoms with Crippen LogP contribution in [-0.2, 0) is 11.3 Å². The zero-order valence-corrected chi connectivity index (χ0v) is 16.2. The van der Waals surface area contributed by atoms with Crippen LogP contribution in [0.4, 0.5) is 11.4 Å². The maximum Gasteiger partial charge on any atom is 0.271 e. The highest BCUT2D eigenvalue weighted by Gasteiger charge is 2.27. The Kier molecular flexibility index (Phi) is 6.26. The molecule has 1 aliphatic heterocycles. The zero-order chi connectivity index (χ0) is 20.1. The molecule has 1 unspecified atom stereocenters. The highest BCUT2D eigenvalue weighted by Crippen LogP contribution is 2.30. The third-order valence-corrected chi connectivity index (χ3v) is 5.02. The molecule has 0 aliphatic carbocycles. The number of ether oxygens (including phenoxy) is 1. The van der Waals surface area contributed by atoms with Gasteiger partial charge in [-0.25, -0.2) is 0 Å². The molecule has 0 radical (unpaired) electrons. The molecule has 3 rings (SSSR count). The molecule has 1 aliphatic rings. The summed E-state index contributed by atoms with van der Waals surface area (Å²) in [6.45, 7) is 4.50. The zero-order valence-electron chi connectivity index (χ0n) is 16.2. The number of anilines is 1. The minimum absolute atomic E-state index is 0.0826. The van der Waals surface area contributed by atoms with E-state index in [-0.39, 0.29) is 17.5 Å². The van der Waals surface area contributed by atoms with Crippen LogP contribution in [0.15, 0.2) is 42.5 Å². The topological polar surface area (TPSA) is 84.7 Å². The Balaban J connectivity index is 1.67. The van der Waals surface area contributed by atoms with Gasteiger partial charge >= 0.3 is 0 Å². The lowest BCUT2D eigenvalue weighted by molar-refractivity contribution is -0.384. The van der Waals surface area contributed by atoms with E-state index in [1.807, 2.05) is 6.07 Å². The van der Waals surface area contributed by atoms with Crippen LogP contribution in [0.1, 0.15) is 24.0 Å². The van der Waals surface area contributed by atoms with Crippen molar-refractivity contribution in [3.8, 4) is 5.75 Å². The van der Waals surface area contributed by atoms with Crippen molar-refractivity contribution in [2.45, 2.75) is 26.3 Å². The molecule has 2 aromatic carbocycles. The normalized spacial score (nSPS) is 17.1. The lowest BCUT2D eigenvalue weighted by Gasteiger charge is -2.32. The number of aryl methyl sites for hydroxylation is 1. The van der Waals surface area contributed by atoms with Gasteiger partial charge in [0.15, 0.2) is 0 Å². The fourth-order valence-corrected chi connectivity index (χ4v) is 3.62. The van der Waals surface area contributed by atoms with Crippen molar-refractivity contribution in [2.75, 3.05) is 25.5 Å². The monoisotopic (exact) mass is 383 g/mol. The van der Waals surface area contributed by atoms with Crippen LogP contribution in [0, 0.1) is 23.0 Å². The van der Waals surface area contributed by atoms with E-state index in [0.717, 1.165) is 25.9 Å². The number of likely N-dealkylation sites (tertiary alicyclic amines) is 1. The second-order valence-corrected chi connectivity index (χ2v) is 7.19. The van der Waals surface area contributed by atoms with Crippen molar-refractivity contribution in [3.05, 3.63) is 63.7 Å². The Morgan fingerprint density at radius 2 is 2.14 bits per heavy atom. The van der Waals surface area contributed by atoms with E-state index in [1.54, 1.807) is 0 Å². The third kappa shape index (κ3) is 4.86. The molecule has 1 heterocycles. The van der Waals surface area contributed by atoms with Crippen LogP contribution < -0.4 is 10.1 Å². The van der Waals surface area contributed by atoms with E-state index in [4.69, 9.17) is 4.74 Å². The van der Waals surface area contributed by atoms with Crippen LogP contribution in [0.2, 0.25) is 0 Å². The molecule has 7 heteroatoms. The molecule has 0 saturated carbocycles. The van der Waals surface area contributed by atoms with Crippen molar-refractivity contribution in [2.24, 2.45) is 5.92 Å². The van der Waals surface area contributed by atoms with Gasteiger partial charge in [0.1, 0.15) is 5.75 Å². The predicted octanol–water partition coefficient (Wildman–Crippen LogP) is 3.76. The van der Waals surface area contributed by atoms with Crippen LogP contribution >= 0.6 is 0 Å². The van der Waals surface area contributed by atoms with Gasteiger partial charge in [0.05, 0.1) is 23.6 Å². The number of nitro benzene ring substituents is 1. The van der Waals surface area contributed by atoms with Gasteiger partial charge in [0.25, 0.3) is 5.69 Å². The molecule has 1 N–H and O–H groups in total. The first kappa shape index (κ1) is 19.8. The average Bonchev–Trinajstić information content (AvgIpc) is 2.68. The number of hydrogen-bond donors (Lipinski definition) is 1. The number of carbonyl (C=O) groups excluding carboxylic acids is 1. The Bertz CT molecular complexity index is 868. The van der Waals surface area contributed by atoms with Gasteiger partial charge in [0, 0.05) is 25.2 Å². The van der Waals surface area contributed by atoms with Gasteiger partial charge < -0.3 is 10.1 Å². The summed E-state index contributed by atoms with van der Waals surface area (Å²) in [4.78, 5) is 25.6.